The average Bonchev–Trinajstić information content (AvgIpc) is 2.88. The van der Waals surface area contributed by atoms with Crippen LogP contribution in [0.15, 0.2) is 30.3 Å². The van der Waals surface area contributed by atoms with E-state index in [1.54, 1.807) is 0 Å². The van der Waals surface area contributed by atoms with Crippen LogP contribution >= 0.6 is 0 Å². The molecule has 0 saturated carbocycles. The molecule has 4 heteroatoms. The standard InChI is InChI=1S/C20H31N3O/c1-20(10-11-21-16-20)17-22-12-5-13-23(15-14-22)19(24)9-8-18-6-3-2-4-7-18/h2-4,6-7,21H,5,8-17H2,1H3. The van der Waals surface area contributed by atoms with Gasteiger partial charge in [-0.05, 0) is 43.3 Å². The SMILES string of the molecule is CC1(CN2CCCN(C(=O)CCc3ccccc3)CC2)CCNC1. The first-order valence-electron chi connectivity index (χ1n) is 9.39. The van der Waals surface area contributed by atoms with Gasteiger partial charge in [-0.1, -0.05) is 37.3 Å². The summed E-state index contributed by atoms with van der Waals surface area (Å²) in [5.74, 6) is 0.314. The molecule has 4 nitrogen and oxygen atoms in total. The van der Waals surface area contributed by atoms with E-state index in [0.717, 1.165) is 58.7 Å². The number of benzene rings is 1. The number of rotatable bonds is 5. The molecule has 0 spiro atoms. The van der Waals surface area contributed by atoms with Crippen molar-refractivity contribution in [3.63, 3.8) is 0 Å². The molecule has 0 radical (unpaired) electrons. The highest BCUT2D eigenvalue weighted by atomic mass is 16.2. The number of nitrogens with one attached hydrogen (secondary N) is 1. The van der Waals surface area contributed by atoms with E-state index in [2.05, 4.69) is 34.2 Å². The van der Waals surface area contributed by atoms with Crippen LogP contribution in [-0.2, 0) is 11.2 Å². The summed E-state index contributed by atoms with van der Waals surface area (Å²) in [5.41, 5.74) is 1.66. The van der Waals surface area contributed by atoms with Gasteiger partial charge in [0.2, 0.25) is 5.91 Å². The van der Waals surface area contributed by atoms with E-state index < -0.39 is 0 Å². The van der Waals surface area contributed by atoms with Crippen molar-refractivity contribution < 1.29 is 4.79 Å². The van der Waals surface area contributed by atoms with Gasteiger partial charge in [0.05, 0.1) is 0 Å². The fourth-order valence-electron chi connectivity index (χ4n) is 3.98. The molecule has 0 aliphatic carbocycles. The second-order valence-corrected chi connectivity index (χ2v) is 7.73. The van der Waals surface area contributed by atoms with Gasteiger partial charge >= 0.3 is 0 Å². The summed E-state index contributed by atoms with van der Waals surface area (Å²) in [6.45, 7) is 9.77. The van der Waals surface area contributed by atoms with Gasteiger partial charge in [0, 0.05) is 39.1 Å². The molecule has 1 amide bonds. The highest BCUT2D eigenvalue weighted by Crippen LogP contribution is 2.26. The van der Waals surface area contributed by atoms with E-state index in [-0.39, 0.29) is 0 Å². The molecule has 1 aromatic rings. The third-order valence-corrected chi connectivity index (χ3v) is 5.47. The predicted molar refractivity (Wildman–Crippen MR) is 98.0 cm³/mol. The van der Waals surface area contributed by atoms with Gasteiger partial charge in [0.1, 0.15) is 0 Å². The zero-order valence-corrected chi connectivity index (χ0v) is 15.0. The minimum absolute atomic E-state index is 0.314. The first kappa shape index (κ1) is 17.4. The van der Waals surface area contributed by atoms with Gasteiger partial charge in [-0.2, -0.15) is 0 Å². The second kappa shape index (κ2) is 8.13. The lowest BCUT2D eigenvalue weighted by molar-refractivity contribution is -0.131. The Kier molecular flexibility index (Phi) is 5.90. The first-order valence-corrected chi connectivity index (χ1v) is 9.39. The van der Waals surface area contributed by atoms with Crippen LogP contribution in [0.25, 0.3) is 0 Å². The van der Waals surface area contributed by atoms with Crippen LogP contribution in [0.2, 0.25) is 0 Å². The Morgan fingerprint density at radius 1 is 1.17 bits per heavy atom. The summed E-state index contributed by atoms with van der Waals surface area (Å²) < 4.78 is 0. The Morgan fingerprint density at radius 3 is 2.75 bits per heavy atom. The molecule has 1 N–H and O–H groups in total. The van der Waals surface area contributed by atoms with Crippen molar-refractivity contribution in [3.05, 3.63) is 35.9 Å². The Labute approximate surface area is 146 Å². The molecule has 1 unspecified atom stereocenters. The zero-order valence-electron chi connectivity index (χ0n) is 15.0. The monoisotopic (exact) mass is 329 g/mol. The molecular weight excluding hydrogens is 298 g/mol. The lowest BCUT2D eigenvalue weighted by atomic mass is 9.89. The van der Waals surface area contributed by atoms with Gasteiger partial charge < -0.3 is 15.1 Å². The average molecular weight is 329 g/mol. The molecule has 0 aromatic heterocycles. The molecule has 132 valence electrons. The van der Waals surface area contributed by atoms with E-state index >= 15 is 0 Å². The van der Waals surface area contributed by atoms with Crippen LogP contribution in [0, 0.1) is 5.41 Å². The second-order valence-electron chi connectivity index (χ2n) is 7.73. The fourth-order valence-corrected chi connectivity index (χ4v) is 3.98. The van der Waals surface area contributed by atoms with Crippen LogP contribution in [0.3, 0.4) is 0 Å². The Hall–Kier alpha value is -1.39. The third kappa shape index (κ3) is 4.81. The van der Waals surface area contributed by atoms with Gasteiger partial charge in [0.15, 0.2) is 0 Å². The smallest absolute Gasteiger partial charge is 0.222 e. The molecule has 1 atom stereocenters. The fraction of sp³-hybridized carbons (Fsp3) is 0.650. The van der Waals surface area contributed by atoms with E-state index in [0.29, 0.717) is 17.7 Å². The molecule has 2 heterocycles. The lowest BCUT2D eigenvalue weighted by Gasteiger charge is -2.31. The Morgan fingerprint density at radius 2 is 2.00 bits per heavy atom. The molecule has 2 saturated heterocycles. The van der Waals surface area contributed by atoms with Crippen molar-refractivity contribution in [2.45, 2.75) is 32.6 Å². The van der Waals surface area contributed by atoms with Crippen molar-refractivity contribution in [2.24, 2.45) is 5.41 Å². The normalized spacial score (nSPS) is 25.6. The number of nitrogens with zero attached hydrogens (tertiary/aromatic N) is 2. The summed E-state index contributed by atoms with van der Waals surface area (Å²) in [5, 5.41) is 3.49. The van der Waals surface area contributed by atoms with Gasteiger partial charge in [-0.3, -0.25) is 4.79 Å². The maximum atomic E-state index is 12.5. The minimum atomic E-state index is 0.314. The number of carbonyl (C=O) groups excluding carboxylic acids is 1. The summed E-state index contributed by atoms with van der Waals surface area (Å²) >= 11 is 0. The number of amides is 1. The molecule has 2 aliphatic rings. The number of hydrogen-bond donors (Lipinski definition) is 1. The van der Waals surface area contributed by atoms with E-state index in [1.165, 1.54) is 12.0 Å². The predicted octanol–water partition coefficient (Wildman–Crippen LogP) is 2.15. The molecule has 0 bridgehead atoms. The first-order chi connectivity index (χ1) is 11.6. The molecule has 1 aromatic carbocycles. The zero-order chi connectivity index (χ0) is 16.8. The quantitative estimate of drug-likeness (QED) is 0.899. The molecular formula is C20H31N3O. The van der Waals surface area contributed by atoms with Crippen molar-refractivity contribution in [1.82, 2.24) is 15.1 Å². The Balaban J connectivity index is 1.45. The van der Waals surface area contributed by atoms with E-state index in [4.69, 9.17) is 0 Å². The number of aryl methyl sites for hydroxylation is 1. The van der Waals surface area contributed by atoms with Gasteiger partial charge in [-0.25, -0.2) is 0 Å². The Bertz CT molecular complexity index is 525. The van der Waals surface area contributed by atoms with Gasteiger partial charge in [-0.15, -0.1) is 0 Å². The lowest BCUT2D eigenvalue weighted by Crippen LogP contribution is -2.40. The van der Waals surface area contributed by atoms with Crippen molar-refractivity contribution >= 4 is 5.91 Å². The maximum Gasteiger partial charge on any atom is 0.222 e. The highest BCUT2D eigenvalue weighted by Gasteiger charge is 2.31. The number of carbonyl (C=O) groups is 1. The van der Waals surface area contributed by atoms with E-state index in [9.17, 15) is 4.79 Å². The van der Waals surface area contributed by atoms with Crippen molar-refractivity contribution in [1.29, 1.82) is 0 Å². The molecule has 24 heavy (non-hydrogen) atoms. The third-order valence-electron chi connectivity index (χ3n) is 5.47. The van der Waals surface area contributed by atoms with Gasteiger partial charge in [0.25, 0.3) is 0 Å². The molecule has 2 aliphatic heterocycles. The highest BCUT2D eigenvalue weighted by molar-refractivity contribution is 5.76. The van der Waals surface area contributed by atoms with Crippen molar-refractivity contribution in [3.8, 4) is 0 Å². The topological polar surface area (TPSA) is 35.6 Å². The summed E-state index contributed by atoms with van der Waals surface area (Å²) in [7, 11) is 0. The minimum Gasteiger partial charge on any atom is -0.341 e. The molecule has 3 rings (SSSR count). The molecule has 2 fully saturated rings. The largest absolute Gasteiger partial charge is 0.341 e. The van der Waals surface area contributed by atoms with Crippen LogP contribution in [0.4, 0.5) is 0 Å². The van der Waals surface area contributed by atoms with E-state index in [1.807, 2.05) is 18.2 Å². The summed E-state index contributed by atoms with van der Waals surface area (Å²) in [4.78, 5) is 17.2. The van der Waals surface area contributed by atoms with Crippen molar-refractivity contribution in [2.75, 3.05) is 45.8 Å². The summed E-state index contributed by atoms with van der Waals surface area (Å²) in [6.07, 6.45) is 3.85. The van der Waals surface area contributed by atoms with Crippen LogP contribution in [-0.4, -0.2) is 61.5 Å². The van der Waals surface area contributed by atoms with Crippen LogP contribution in [0.5, 0.6) is 0 Å². The van der Waals surface area contributed by atoms with Crippen LogP contribution in [0.1, 0.15) is 31.7 Å². The summed E-state index contributed by atoms with van der Waals surface area (Å²) in [6, 6.07) is 10.3. The number of hydrogen-bond acceptors (Lipinski definition) is 3. The van der Waals surface area contributed by atoms with Crippen LogP contribution < -0.4 is 5.32 Å². The maximum absolute atomic E-state index is 12.5.